The lowest BCUT2D eigenvalue weighted by Gasteiger charge is -1.99. The summed E-state index contributed by atoms with van der Waals surface area (Å²) in [5, 5.41) is 3.67. The Morgan fingerprint density at radius 3 is 3.07 bits per heavy atom. The first-order chi connectivity index (χ1) is 7.16. The van der Waals surface area contributed by atoms with E-state index in [0.717, 1.165) is 15.6 Å². The van der Waals surface area contributed by atoms with Crippen molar-refractivity contribution < 1.29 is 8.76 Å². The minimum absolute atomic E-state index is 0.365. The molecule has 1 atom stereocenters. The van der Waals surface area contributed by atoms with Gasteiger partial charge in [-0.05, 0) is 34.5 Å². The molecule has 0 saturated heterocycles. The van der Waals surface area contributed by atoms with Crippen molar-refractivity contribution in [1.82, 2.24) is 4.72 Å². The fourth-order valence-corrected chi connectivity index (χ4v) is 2.72. The number of halogens is 1. The van der Waals surface area contributed by atoms with E-state index in [1.807, 2.05) is 23.6 Å². The Morgan fingerprint density at radius 1 is 1.53 bits per heavy atom. The first-order valence-electron chi connectivity index (χ1n) is 4.17. The van der Waals surface area contributed by atoms with E-state index in [1.54, 1.807) is 11.3 Å². The monoisotopic (exact) mass is 261 g/mol. The minimum atomic E-state index is -1.98. The molecule has 15 heavy (non-hydrogen) atoms. The molecule has 0 saturated carbocycles. The molecule has 0 radical (unpaired) electrons. The number of hydrogen-bond acceptors (Lipinski definition) is 2. The van der Waals surface area contributed by atoms with Crippen molar-refractivity contribution in [3.63, 3.8) is 0 Å². The highest BCUT2D eigenvalue weighted by atomic mass is 35.5. The second-order valence-corrected chi connectivity index (χ2v) is 5.11. The average molecular weight is 262 g/mol. The molecule has 1 aromatic heterocycles. The summed E-state index contributed by atoms with van der Waals surface area (Å²) >= 11 is 5.50. The van der Waals surface area contributed by atoms with Gasteiger partial charge in [-0.1, -0.05) is 11.6 Å². The van der Waals surface area contributed by atoms with E-state index in [0.29, 0.717) is 11.6 Å². The van der Waals surface area contributed by atoms with Crippen molar-refractivity contribution in [2.24, 2.45) is 0 Å². The zero-order valence-electron chi connectivity index (χ0n) is 7.57. The van der Waals surface area contributed by atoms with Gasteiger partial charge < -0.3 is 0 Å². The number of thiophene rings is 1. The molecule has 0 aliphatic heterocycles. The molecule has 1 unspecified atom stereocenters. The molecule has 2 N–H and O–H groups in total. The van der Waals surface area contributed by atoms with Gasteiger partial charge in [-0.3, -0.25) is 4.55 Å². The molecule has 80 valence electrons. The molecule has 0 aliphatic rings. The Hall–Kier alpha value is -0.460. The molecule has 6 heteroatoms. The second-order valence-electron chi connectivity index (χ2n) is 2.97. The molecule has 2 aromatic rings. The number of nitrogens with one attached hydrogen (secondary N) is 1. The number of benzene rings is 1. The van der Waals surface area contributed by atoms with Gasteiger partial charge >= 0.3 is 0 Å². The lowest BCUT2D eigenvalue weighted by atomic mass is 10.2. The van der Waals surface area contributed by atoms with Crippen LogP contribution in [0.4, 0.5) is 0 Å². The molecular formula is C9H8ClNO2S2. The summed E-state index contributed by atoms with van der Waals surface area (Å²) < 4.78 is 22.7. The van der Waals surface area contributed by atoms with Crippen LogP contribution in [-0.4, -0.2) is 8.76 Å². The Morgan fingerprint density at radius 2 is 2.33 bits per heavy atom. The third kappa shape index (κ3) is 2.56. The maximum Gasteiger partial charge on any atom is 0.232 e. The van der Waals surface area contributed by atoms with Crippen LogP contribution in [0.1, 0.15) is 5.56 Å². The van der Waals surface area contributed by atoms with Crippen molar-refractivity contribution in [2.75, 3.05) is 0 Å². The molecule has 0 spiro atoms. The van der Waals surface area contributed by atoms with Gasteiger partial charge in [0.05, 0.1) is 0 Å². The normalized spacial score (nSPS) is 13.2. The highest BCUT2D eigenvalue weighted by Gasteiger charge is 2.05. The first kappa shape index (κ1) is 11.0. The Bertz CT molecular complexity index is 512. The van der Waals surface area contributed by atoms with Crippen molar-refractivity contribution in [1.29, 1.82) is 0 Å². The summed E-state index contributed by atoms with van der Waals surface area (Å²) in [5.41, 5.74) is 0.986. The Balaban J connectivity index is 2.35. The highest BCUT2D eigenvalue weighted by Crippen LogP contribution is 2.28. The maximum atomic E-state index is 10.5. The molecule has 3 nitrogen and oxygen atoms in total. The molecule has 0 bridgehead atoms. The van der Waals surface area contributed by atoms with Crippen molar-refractivity contribution >= 4 is 44.3 Å². The molecule has 0 fully saturated rings. The van der Waals surface area contributed by atoms with E-state index in [9.17, 15) is 4.21 Å². The summed E-state index contributed by atoms with van der Waals surface area (Å²) in [7, 11) is 0. The van der Waals surface area contributed by atoms with E-state index in [-0.39, 0.29) is 0 Å². The summed E-state index contributed by atoms with van der Waals surface area (Å²) in [6.45, 7) is 0.365. The maximum absolute atomic E-state index is 10.5. The minimum Gasteiger partial charge on any atom is -0.294 e. The van der Waals surface area contributed by atoms with Gasteiger partial charge in [-0.15, -0.1) is 11.3 Å². The third-order valence-corrected chi connectivity index (χ3v) is 3.64. The topological polar surface area (TPSA) is 49.3 Å². The molecule has 2 rings (SSSR count). The summed E-state index contributed by atoms with van der Waals surface area (Å²) in [6, 6.07) is 5.65. The van der Waals surface area contributed by atoms with Gasteiger partial charge in [0.1, 0.15) is 0 Å². The zero-order valence-corrected chi connectivity index (χ0v) is 9.96. The van der Waals surface area contributed by atoms with Crippen LogP contribution < -0.4 is 4.72 Å². The van der Waals surface area contributed by atoms with Crippen LogP contribution in [0.5, 0.6) is 0 Å². The Kier molecular flexibility index (Phi) is 3.38. The molecule has 1 heterocycles. The summed E-state index contributed by atoms with van der Waals surface area (Å²) in [6.07, 6.45) is 0. The summed E-state index contributed by atoms with van der Waals surface area (Å²) in [4.78, 5) is 0. The van der Waals surface area contributed by atoms with E-state index < -0.39 is 11.3 Å². The van der Waals surface area contributed by atoms with Crippen LogP contribution in [0.3, 0.4) is 0 Å². The predicted octanol–water partition coefficient (Wildman–Crippen LogP) is 2.78. The standard InChI is InChI=1S/C9H8ClNO2S2/c10-7-1-2-9-8(3-7)6(5-14-9)4-11-15(12)13/h1-3,5,11H,4H2,(H,12,13). The lowest BCUT2D eigenvalue weighted by Crippen LogP contribution is -2.14. The predicted molar refractivity (Wildman–Crippen MR) is 64.4 cm³/mol. The van der Waals surface area contributed by atoms with Gasteiger partial charge in [-0.2, -0.15) is 0 Å². The average Bonchev–Trinajstić information content (AvgIpc) is 2.57. The number of hydrogen-bond donors (Lipinski definition) is 2. The smallest absolute Gasteiger partial charge is 0.232 e. The van der Waals surface area contributed by atoms with E-state index in [4.69, 9.17) is 16.2 Å². The third-order valence-electron chi connectivity index (χ3n) is 2.00. The van der Waals surface area contributed by atoms with E-state index in [2.05, 4.69) is 4.72 Å². The highest BCUT2D eigenvalue weighted by molar-refractivity contribution is 7.77. The van der Waals surface area contributed by atoms with Crippen LogP contribution in [0.15, 0.2) is 23.6 Å². The first-order valence-corrected chi connectivity index (χ1v) is 6.53. The second kappa shape index (κ2) is 4.59. The molecule has 0 amide bonds. The van der Waals surface area contributed by atoms with Crippen LogP contribution in [-0.2, 0) is 17.8 Å². The van der Waals surface area contributed by atoms with Crippen LogP contribution in [0.2, 0.25) is 5.02 Å². The largest absolute Gasteiger partial charge is 0.294 e. The molecular weight excluding hydrogens is 254 g/mol. The van der Waals surface area contributed by atoms with E-state index >= 15 is 0 Å². The number of fused-ring (bicyclic) bond motifs is 1. The molecule has 0 aliphatic carbocycles. The Labute approximate surface area is 98.5 Å². The fraction of sp³-hybridized carbons (Fsp3) is 0.111. The lowest BCUT2D eigenvalue weighted by molar-refractivity contribution is 0.549. The van der Waals surface area contributed by atoms with Crippen LogP contribution >= 0.6 is 22.9 Å². The van der Waals surface area contributed by atoms with E-state index in [1.165, 1.54) is 0 Å². The zero-order chi connectivity index (χ0) is 10.8. The quantitative estimate of drug-likeness (QED) is 0.835. The van der Waals surface area contributed by atoms with Gasteiger partial charge in [0.25, 0.3) is 0 Å². The number of rotatable bonds is 3. The van der Waals surface area contributed by atoms with Gasteiger partial charge in [0, 0.05) is 16.3 Å². The van der Waals surface area contributed by atoms with Crippen molar-refractivity contribution in [3.8, 4) is 0 Å². The molecule has 1 aromatic carbocycles. The van der Waals surface area contributed by atoms with Crippen LogP contribution in [0.25, 0.3) is 10.1 Å². The SMILES string of the molecule is O=S(O)NCc1csc2ccc(Cl)cc12. The fourth-order valence-electron chi connectivity index (χ4n) is 1.33. The van der Waals surface area contributed by atoms with Gasteiger partial charge in [0.2, 0.25) is 11.3 Å². The van der Waals surface area contributed by atoms with Crippen molar-refractivity contribution in [2.45, 2.75) is 6.54 Å². The van der Waals surface area contributed by atoms with Crippen LogP contribution in [0, 0.1) is 0 Å². The van der Waals surface area contributed by atoms with Gasteiger partial charge in [-0.25, -0.2) is 8.93 Å². The summed E-state index contributed by atoms with van der Waals surface area (Å²) in [5.74, 6) is 0. The van der Waals surface area contributed by atoms with Crippen molar-refractivity contribution in [3.05, 3.63) is 34.2 Å². The van der Waals surface area contributed by atoms with Gasteiger partial charge in [0.15, 0.2) is 0 Å².